The number of imidazole rings is 1. The number of rotatable bonds is 5. The number of pyridine rings is 1. The van der Waals surface area contributed by atoms with Crippen LogP contribution in [0.3, 0.4) is 0 Å². The summed E-state index contributed by atoms with van der Waals surface area (Å²) >= 11 is 0. The number of hydrogen-bond acceptors (Lipinski definition) is 5. The minimum atomic E-state index is -0.124. The van der Waals surface area contributed by atoms with Gasteiger partial charge in [0.15, 0.2) is 0 Å². The molecular formula is C17H22N4O3. The molecule has 3 heterocycles. The molecule has 0 spiro atoms. The van der Waals surface area contributed by atoms with Crippen LogP contribution in [0.5, 0.6) is 5.88 Å². The number of aromatic nitrogens is 3. The standard InChI is InChI=1S/C17H22N4O3/c1-3-23-16-5-4-12(9-19-16)17(22)20-13-6-7-24-15(8-13)14-10-18-11-21(14)2/h4-5,9-11,13,15H,3,6-8H2,1-2H3,(H,20,22). The zero-order chi connectivity index (χ0) is 16.9. The lowest BCUT2D eigenvalue weighted by molar-refractivity contribution is -0.00301. The van der Waals surface area contributed by atoms with E-state index in [1.807, 2.05) is 24.7 Å². The molecule has 1 aliphatic heterocycles. The molecule has 0 aromatic carbocycles. The van der Waals surface area contributed by atoms with Crippen LogP contribution in [0.1, 0.15) is 41.9 Å². The summed E-state index contributed by atoms with van der Waals surface area (Å²) in [6.07, 6.45) is 6.59. The van der Waals surface area contributed by atoms with Gasteiger partial charge in [-0.2, -0.15) is 0 Å². The van der Waals surface area contributed by atoms with E-state index < -0.39 is 0 Å². The van der Waals surface area contributed by atoms with Gasteiger partial charge in [-0.05, 0) is 25.8 Å². The number of ether oxygens (including phenoxy) is 2. The summed E-state index contributed by atoms with van der Waals surface area (Å²) in [5.74, 6) is 0.401. The van der Waals surface area contributed by atoms with Gasteiger partial charge in [-0.15, -0.1) is 0 Å². The summed E-state index contributed by atoms with van der Waals surface area (Å²) in [6.45, 7) is 3.06. The van der Waals surface area contributed by atoms with Crippen LogP contribution in [0.2, 0.25) is 0 Å². The first-order valence-corrected chi connectivity index (χ1v) is 8.15. The highest BCUT2D eigenvalue weighted by Crippen LogP contribution is 2.27. The molecule has 1 N–H and O–H groups in total. The van der Waals surface area contributed by atoms with Crippen molar-refractivity contribution in [3.8, 4) is 5.88 Å². The van der Waals surface area contributed by atoms with Gasteiger partial charge in [0.1, 0.15) is 6.10 Å². The van der Waals surface area contributed by atoms with Crippen molar-refractivity contribution in [3.63, 3.8) is 0 Å². The van der Waals surface area contributed by atoms with Gasteiger partial charge in [0.2, 0.25) is 5.88 Å². The lowest BCUT2D eigenvalue weighted by atomic mass is 10.0. The summed E-state index contributed by atoms with van der Waals surface area (Å²) in [6, 6.07) is 3.50. The number of carbonyl (C=O) groups excluding carboxylic acids is 1. The Labute approximate surface area is 141 Å². The normalized spacial score (nSPS) is 20.6. The highest BCUT2D eigenvalue weighted by Gasteiger charge is 2.27. The Morgan fingerprint density at radius 1 is 1.46 bits per heavy atom. The van der Waals surface area contributed by atoms with E-state index in [-0.39, 0.29) is 18.1 Å². The minimum absolute atomic E-state index is 0.0463. The molecule has 0 radical (unpaired) electrons. The molecule has 3 rings (SSSR count). The zero-order valence-electron chi connectivity index (χ0n) is 13.9. The van der Waals surface area contributed by atoms with Crippen molar-refractivity contribution in [1.82, 2.24) is 19.9 Å². The molecule has 1 aliphatic rings. The van der Waals surface area contributed by atoms with Crippen molar-refractivity contribution < 1.29 is 14.3 Å². The molecule has 7 heteroatoms. The van der Waals surface area contributed by atoms with Gasteiger partial charge in [-0.3, -0.25) is 4.79 Å². The fourth-order valence-electron chi connectivity index (χ4n) is 2.83. The SMILES string of the molecule is CCOc1ccc(C(=O)NC2CCOC(c3cncn3C)C2)cn1. The molecule has 24 heavy (non-hydrogen) atoms. The Hall–Kier alpha value is -2.41. The molecule has 2 atom stereocenters. The number of carbonyl (C=O) groups is 1. The Balaban J connectivity index is 1.60. The first-order chi connectivity index (χ1) is 11.7. The monoisotopic (exact) mass is 330 g/mol. The number of aryl methyl sites for hydroxylation is 1. The van der Waals surface area contributed by atoms with Crippen LogP contribution in [-0.2, 0) is 11.8 Å². The molecule has 0 aliphatic carbocycles. The topological polar surface area (TPSA) is 78.3 Å². The van der Waals surface area contributed by atoms with Crippen LogP contribution >= 0.6 is 0 Å². The van der Waals surface area contributed by atoms with Crippen molar-refractivity contribution in [3.05, 3.63) is 42.1 Å². The molecule has 2 aromatic rings. The summed E-state index contributed by atoms with van der Waals surface area (Å²) in [5, 5.41) is 3.07. The van der Waals surface area contributed by atoms with Gasteiger partial charge in [-0.1, -0.05) is 0 Å². The fraction of sp³-hybridized carbons (Fsp3) is 0.471. The molecule has 1 amide bonds. The van der Waals surface area contributed by atoms with Gasteiger partial charge in [0.25, 0.3) is 5.91 Å². The molecule has 128 valence electrons. The third kappa shape index (κ3) is 3.73. The first kappa shape index (κ1) is 16.4. The molecule has 0 saturated carbocycles. The Bertz CT molecular complexity index is 683. The summed E-state index contributed by atoms with van der Waals surface area (Å²) in [5.41, 5.74) is 1.55. The smallest absolute Gasteiger partial charge is 0.253 e. The molecule has 1 saturated heterocycles. The second-order valence-corrected chi connectivity index (χ2v) is 5.80. The number of amides is 1. The predicted octanol–water partition coefficient (Wildman–Crippen LogP) is 1.86. The van der Waals surface area contributed by atoms with Crippen LogP contribution in [0.15, 0.2) is 30.9 Å². The average Bonchev–Trinajstić information content (AvgIpc) is 3.02. The van der Waals surface area contributed by atoms with Gasteiger partial charge >= 0.3 is 0 Å². The van der Waals surface area contributed by atoms with Crippen molar-refractivity contribution in [2.24, 2.45) is 7.05 Å². The molecule has 1 fully saturated rings. The van der Waals surface area contributed by atoms with Crippen LogP contribution in [0, 0.1) is 0 Å². The Morgan fingerprint density at radius 2 is 2.33 bits per heavy atom. The van der Waals surface area contributed by atoms with E-state index in [2.05, 4.69) is 15.3 Å². The van der Waals surface area contributed by atoms with Gasteiger partial charge in [-0.25, -0.2) is 9.97 Å². The van der Waals surface area contributed by atoms with Crippen LogP contribution < -0.4 is 10.1 Å². The van der Waals surface area contributed by atoms with Crippen molar-refractivity contribution in [2.45, 2.75) is 31.9 Å². The van der Waals surface area contributed by atoms with Crippen molar-refractivity contribution >= 4 is 5.91 Å². The molecule has 2 aromatic heterocycles. The lowest BCUT2D eigenvalue weighted by Crippen LogP contribution is -2.40. The maximum absolute atomic E-state index is 12.4. The van der Waals surface area contributed by atoms with E-state index in [0.717, 1.165) is 18.5 Å². The maximum Gasteiger partial charge on any atom is 0.253 e. The second kappa shape index (κ2) is 7.44. The second-order valence-electron chi connectivity index (χ2n) is 5.80. The van der Waals surface area contributed by atoms with Crippen LogP contribution in [0.4, 0.5) is 0 Å². The van der Waals surface area contributed by atoms with E-state index in [1.54, 1.807) is 18.5 Å². The number of hydrogen-bond donors (Lipinski definition) is 1. The van der Waals surface area contributed by atoms with Crippen LogP contribution in [-0.4, -0.2) is 39.7 Å². The Kier molecular flexibility index (Phi) is 5.10. The first-order valence-electron chi connectivity index (χ1n) is 8.15. The highest BCUT2D eigenvalue weighted by atomic mass is 16.5. The molecule has 0 bridgehead atoms. The van der Waals surface area contributed by atoms with E-state index in [9.17, 15) is 4.79 Å². The molecule has 7 nitrogen and oxygen atoms in total. The van der Waals surface area contributed by atoms with Gasteiger partial charge < -0.3 is 19.4 Å². The van der Waals surface area contributed by atoms with Gasteiger partial charge in [0.05, 0.1) is 30.4 Å². The van der Waals surface area contributed by atoms with Crippen molar-refractivity contribution in [1.29, 1.82) is 0 Å². The number of nitrogens with zero attached hydrogens (tertiary/aromatic N) is 3. The van der Waals surface area contributed by atoms with E-state index >= 15 is 0 Å². The maximum atomic E-state index is 12.4. The predicted molar refractivity (Wildman–Crippen MR) is 87.8 cm³/mol. The lowest BCUT2D eigenvalue weighted by Gasteiger charge is -2.30. The van der Waals surface area contributed by atoms with E-state index in [4.69, 9.17) is 9.47 Å². The summed E-state index contributed by atoms with van der Waals surface area (Å²) in [4.78, 5) is 20.7. The molecule has 2 unspecified atom stereocenters. The quantitative estimate of drug-likeness (QED) is 0.905. The largest absolute Gasteiger partial charge is 0.478 e. The van der Waals surface area contributed by atoms with E-state index in [1.165, 1.54) is 6.20 Å². The van der Waals surface area contributed by atoms with Crippen molar-refractivity contribution in [2.75, 3.05) is 13.2 Å². The zero-order valence-corrected chi connectivity index (χ0v) is 13.9. The number of nitrogens with one attached hydrogen (secondary N) is 1. The Morgan fingerprint density at radius 3 is 3.00 bits per heavy atom. The van der Waals surface area contributed by atoms with Crippen LogP contribution in [0.25, 0.3) is 0 Å². The average molecular weight is 330 g/mol. The minimum Gasteiger partial charge on any atom is -0.478 e. The third-order valence-corrected chi connectivity index (χ3v) is 4.09. The summed E-state index contributed by atoms with van der Waals surface area (Å²) < 4.78 is 13.1. The van der Waals surface area contributed by atoms with E-state index in [0.29, 0.717) is 24.7 Å². The molecular weight excluding hydrogens is 308 g/mol. The fourth-order valence-corrected chi connectivity index (χ4v) is 2.83. The highest BCUT2D eigenvalue weighted by molar-refractivity contribution is 5.94. The summed E-state index contributed by atoms with van der Waals surface area (Å²) in [7, 11) is 1.94. The van der Waals surface area contributed by atoms with Gasteiger partial charge in [0, 0.05) is 32.0 Å². The third-order valence-electron chi connectivity index (χ3n) is 4.09.